The van der Waals surface area contributed by atoms with Gasteiger partial charge in [-0.1, -0.05) is 91.0 Å². The fourth-order valence-electron chi connectivity index (χ4n) is 4.94. The Bertz CT molecular complexity index is 2160. The van der Waals surface area contributed by atoms with E-state index in [0.29, 0.717) is 34.7 Å². The maximum atomic E-state index is 5.95. The van der Waals surface area contributed by atoms with Gasteiger partial charge < -0.3 is 4.42 Å². The molecule has 0 spiro atoms. The summed E-state index contributed by atoms with van der Waals surface area (Å²) in [4.78, 5) is 32.9. The van der Waals surface area contributed by atoms with E-state index in [9.17, 15) is 0 Å². The Morgan fingerprint density at radius 2 is 1.17 bits per heavy atom. The number of para-hydroxylation sites is 1. The van der Waals surface area contributed by atoms with Crippen LogP contribution in [0.2, 0.25) is 0 Å². The average molecular weight is 530 g/mol. The van der Waals surface area contributed by atoms with Crippen LogP contribution in [0.25, 0.3) is 78.7 Å². The van der Waals surface area contributed by atoms with Crippen LogP contribution < -0.4 is 0 Å². The largest absolute Gasteiger partial charge is 0.438 e. The molecule has 0 N–H and O–H groups in total. The summed E-state index contributed by atoms with van der Waals surface area (Å²) in [6, 6.07) is 33.6. The van der Waals surface area contributed by atoms with E-state index in [4.69, 9.17) is 24.4 Å². The van der Waals surface area contributed by atoms with Crippen molar-refractivity contribution in [2.45, 2.75) is 0 Å². The summed E-state index contributed by atoms with van der Waals surface area (Å²) < 4.78 is 5.95. The number of furan rings is 1. The zero-order valence-corrected chi connectivity index (χ0v) is 21.5. The minimum absolute atomic E-state index is 0.485. The summed E-state index contributed by atoms with van der Waals surface area (Å²) >= 11 is 0. The first kappa shape index (κ1) is 23.0. The Kier molecular flexibility index (Phi) is 5.28. The normalized spacial score (nSPS) is 11.4. The molecule has 0 fully saturated rings. The van der Waals surface area contributed by atoms with Gasteiger partial charge in [0.05, 0.1) is 10.9 Å². The quantitative estimate of drug-likeness (QED) is 0.236. The third kappa shape index (κ3) is 4.06. The van der Waals surface area contributed by atoms with Crippen LogP contribution in [0.1, 0.15) is 0 Å². The molecule has 0 amide bonds. The molecule has 0 atom stereocenters. The first-order valence-corrected chi connectivity index (χ1v) is 13.1. The monoisotopic (exact) mass is 529 g/mol. The molecule has 0 unspecified atom stereocenters. The lowest BCUT2D eigenvalue weighted by Gasteiger charge is -2.09. The van der Waals surface area contributed by atoms with Gasteiger partial charge in [-0.25, -0.2) is 34.9 Å². The van der Waals surface area contributed by atoms with Crippen molar-refractivity contribution >= 4 is 33.0 Å². The van der Waals surface area contributed by atoms with Gasteiger partial charge in [-0.2, -0.15) is 0 Å². The molecule has 0 aliphatic rings. The lowest BCUT2D eigenvalue weighted by molar-refractivity contribution is 0.653. The molecule has 8 heteroatoms. The Labute approximate surface area is 233 Å². The van der Waals surface area contributed by atoms with Gasteiger partial charge in [0.1, 0.15) is 17.6 Å². The summed E-state index contributed by atoms with van der Waals surface area (Å²) in [6.07, 6.45) is 3.28. The Morgan fingerprint density at radius 1 is 0.512 bits per heavy atom. The molecule has 4 heterocycles. The van der Waals surface area contributed by atoms with Crippen molar-refractivity contribution in [1.29, 1.82) is 0 Å². The highest BCUT2D eigenvalue weighted by atomic mass is 16.3. The van der Waals surface area contributed by atoms with Crippen LogP contribution in [-0.2, 0) is 0 Å². The smallest absolute Gasteiger partial charge is 0.231 e. The van der Waals surface area contributed by atoms with E-state index < -0.39 is 0 Å². The van der Waals surface area contributed by atoms with Crippen molar-refractivity contribution in [3.8, 4) is 45.7 Å². The summed E-state index contributed by atoms with van der Waals surface area (Å²) in [7, 11) is 0. The summed E-state index contributed by atoms with van der Waals surface area (Å²) in [5.41, 5.74) is 5.25. The zero-order chi connectivity index (χ0) is 27.2. The molecule has 4 aromatic carbocycles. The number of aromatic nitrogens is 7. The Balaban J connectivity index is 1.29. The fourth-order valence-corrected chi connectivity index (χ4v) is 4.94. The van der Waals surface area contributed by atoms with Crippen molar-refractivity contribution in [2.24, 2.45) is 0 Å². The number of hydrogen-bond donors (Lipinski definition) is 0. The van der Waals surface area contributed by atoms with E-state index in [1.54, 1.807) is 6.20 Å². The minimum Gasteiger partial charge on any atom is -0.438 e. The molecule has 4 aromatic heterocycles. The third-order valence-electron chi connectivity index (χ3n) is 6.93. The van der Waals surface area contributed by atoms with E-state index in [-0.39, 0.29) is 0 Å². The number of fused-ring (bicyclic) bond motifs is 4. The van der Waals surface area contributed by atoms with Crippen molar-refractivity contribution in [1.82, 2.24) is 34.9 Å². The van der Waals surface area contributed by atoms with Crippen LogP contribution in [-0.4, -0.2) is 34.9 Å². The number of benzene rings is 4. The first-order valence-electron chi connectivity index (χ1n) is 13.1. The molecule has 8 aromatic rings. The van der Waals surface area contributed by atoms with Crippen LogP contribution in [0, 0.1) is 0 Å². The average Bonchev–Trinajstić information content (AvgIpc) is 3.44. The van der Waals surface area contributed by atoms with Gasteiger partial charge in [0.25, 0.3) is 0 Å². The number of hydrogen-bond acceptors (Lipinski definition) is 8. The van der Waals surface area contributed by atoms with Crippen LogP contribution in [0.5, 0.6) is 0 Å². The molecule has 0 aliphatic carbocycles. The van der Waals surface area contributed by atoms with Gasteiger partial charge in [-0.15, -0.1) is 0 Å². The van der Waals surface area contributed by atoms with E-state index in [1.807, 2.05) is 103 Å². The van der Waals surface area contributed by atoms with Crippen LogP contribution in [0.15, 0.2) is 120 Å². The SMILES string of the molecule is c1ccc(-c2nc(-c3ccccc3)nc(-c3ccc4cnc(-c5ncnc6oc7ccccc7c56)nc4c3)n2)cc1. The standard InChI is InChI=1S/C33H19N7O/c1-3-9-20(10-4-1)29-38-30(21-11-5-2-6-12-21)40-31(39-29)22-15-16-23-18-34-32(37-25(23)17-22)28-27-24-13-7-8-14-26(24)41-33(27)36-19-35-28/h1-19H. The summed E-state index contributed by atoms with van der Waals surface area (Å²) in [6.45, 7) is 0. The van der Waals surface area contributed by atoms with Gasteiger partial charge in [-0.05, 0) is 12.1 Å². The molecule has 0 bridgehead atoms. The van der Waals surface area contributed by atoms with Crippen LogP contribution in [0.4, 0.5) is 0 Å². The predicted molar refractivity (Wildman–Crippen MR) is 158 cm³/mol. The highest BCUT2D eigenvalue weighted by Crippen LogP contribution is 2.33. The van der Waals surface area contributed by atoms with Crippen molar-refractivity contribution in [2.75, 3.05) is 0 Å². The second-order valence-electron chi connectivity index (χ2n) is 9.51. The lowest BCUT2D eigenvalue weighted by Crippen LogP contribution is -2.00. The molecular weight excluding hydrogens is 510 g/mol. The molecular formula is C33H19N7O. The number of rotatable bonds is 4. The van der Waals surface area contributed by atoms with Crippen LogP contribution >= 0.6 is 0 Å². The topological polar surface area (TPSA) is 103 Å². The molecule has 0 aliphatic heterocycles. The van der Waals surface area contributed by atoms with Gasteiger partial charge >= 0.3 is 0 Å². The van der Waals surface area contributed by atoms with Gasteiger partial charge in [0, 0.05) is 33.7 Å². The second-order valence-corrected chi connectivity index (χ2v) is 9.51. The van der Waals surface area contributed by atoms with Gasteiger partial charge in [0.15, 0.2) is 23.3 Å². The molecule has 0 saturated carbocycles. The maximum Gasteiger partial charge on any atom is 0.231 e. The van der Waals surface area contributed by atoms with Gasteiger partial charge in [-0.3, -0.25) is 0 Å². The molecule has 192 valence electrons. The second kappa shape index (κ2) is 9.39. The van der Waals surface area contributed by atoms with Crippen molar-refractivity contribution in [3.05, 3.63) is 116 Å². The molecule has 0 saturated heterocycles. The van der Waals surface area contributed by atoms with Crippen molar-refractivity contribution < 1.29 is 4.42 Å². The molecule has 41 heavy (non-hydrogen) atoms. The van der Waals surface area contributed by atoms with E-state index in [0.717, 1.165) is 43.9 Å². The third-order valence-corrected chi connectivity index (χ3v) is 6.93. The van der Waals surface area contributed by atoms with E-state index in [2.05, 4.69) is 15.0 Å². The summed E-state index contributed by atoms with van der Waals surface area (Å²) in [5, 5.41) is 2.60. The highest BCUT2D eigenvalue weighted by Gasteiger charge is 2.17. The maximum absolute atomic E-state index is 5.95. The number of nitrogens with zero attached hydrogens (tertiary/aromatic N) is 7. The zero-order valence-electron chi connectivity index (χ0n) is 21.5. The van der Waals surface area contributed by atoms with Gasteiger partial charge in [0.2, 0.25) is 5.71 Å². The fraction of sp³-hybridized carbons (Fsp3) is 0. The highest BCUT2D eigenvalue weighted by molar-refractivity contribution is 6.09. The molecule has 8 nitrogen and oxygen atoms in total. The molecule has 8 rings (SSSR count). The Hall–Kier alpha value is -5.89. The minimum atomic E-state index is 0.485. The van der Waals surface area contributed by atoms with E-state index >= 15 is 0 Å². The summed E-state index contributed by atoms with van der Waals surface area (Å²) in [5.74, 6) is 2.26. The van der Waals surface area contributed by atoms with E-state index in [1.165, 1.54) is 6.33 Å². The lowest BCUT2D eigenvalue weighted by atomic mass is 10.1. The van der Waals surface area contributed by atoms with Crippen molar-refractivity contribution in [3.63, 3.8) is 0 Å². The predicted octanol–water partition coefficient (Wildman–Crippen LogP) is 7.17. The molecule has 0 radical (unpaired) electrons. The Morgan fingerprint density at radius 3 is 1.90 bits per heavy atom. The first-order chi connectivity index (χ1) is 20.3. The van der Waals surface area contributed by atoms with Crippen LogP contribution in [0.3, 0.4) is 0 Å².